The van der Waals surface area contributed by atoms with Gasteiger partial charge in [0.2, 0.25) is 0 Å². The van der Waals surface area contributed by atoms with Gasteiger partial charge in [0.05, 0.1) is 18.1 Å². The van der Waals surface area contributed by atoms with Crippen LogP contribution < -0.4 is 0 Å². The van der Waals surface area contributed by atoms with E-state index < -0.39 is 24.5 Å². The molecular formula is C21H20N4O3S. The Morgan fingerprint density at radius 2 is 1.86 bits per heavy atom. The Bertz CT molecular complexity index is 1180. The lowest BCUT2D eigenvalue weighted by molar-refractivity contribution is -0.0289. The van der Waals surface area contributed by atoms with Crippen LogP contribution in [-0.2, 0) is 4.74 Å². The first-order valence-electron chi connectivity index (χ1n) is 9.39. The van der Waals surface area contributed by atoms with Crippen molar-refractivity contribution in [1.82, 2.24) is 19.5 Å². The van der Waals surface area contributed by atoms with Gasteiger partial charge in [-0.1, -0.05) is 30.3 Å². The first-order chi connectivity index (χ1) is 14.1. The molecule has 0 aliphatic carbocycles. The predicted molar refractivity (Wildman–Crippen MR) is 111 cm³/mol. The summed E-state index contributed by atoms with van der Waals surface area (Å²) in [7, 11) is 0. The summed E-state index contributed by atoms with van der Waals surface area (Å²) in [6, 6.07) is 14.5. The standard InChI is InChI=1S/C21H20N4O3S/c1-12-17-20(23-10-22-12)25(11-24-17)21-19(27)18(26)16(28-21)9-29-15-7-6-13-4-2-3-5-14(13)8-15/h2-8,10-11,16,18-19,21,26-27H,9H2,1H3/t16?,18-,19-,21-/m1/s1. The lowest BCUT2D eigenvalue weighted by Crippen LogP contribution is -2.32. The smallest absolute Gasteiger partial charge is 0.165 e. The first kappa shape index (κ1) is 18.5. The monoisotopic (exact) mass is 408 g/mol. The van der Waals surface area contributed by atoms with E-state index in [1.165, 1.54) is 17.1 Å². The molecule has 0 radical (unpaired) electrons. The van der Waals surface area contributed by atoms with Gasteiger partial charge in [0.15, 0.2) is 11.9 Å². The molecule has 7 nitrogen and oxygen atoms in total. The maximum atomic E-state index is 10.6. The number of aliphatic hydroxyl groups excluding tert-OH is 2. The van der Waals surface area contributed by atoms with Crippen molar-refractivity contribution in [3.05, 3.63) is 60.8 Å². The van der Waals surface area contributed by atoms with E-state index in [1.807, 2.05) is 19.1 Å². The largest absolute Gasteiger partial charge is 0.387 e. The Hall–Kier alpha value is -2.52. The summed E-state index contributed by atoms with van der Waals surface area (Å²) in [5, 5.41) is 23.5. The third kappa shape index (κ3) is 3.28. The van der Waals surface area contributed by atoms with Crippen LogP contribution in [0.3, 0.4) is 0 Å². The van der Waals surface area contributed by atoms with E-state index in [4.69, 9.17) is 4.74 Å². The van der Waals surface area contributed by atoms with E-state index in [0.717, 1.165) is 10.6 Å². The number of hydrogen-bond acceptors (Lipinski definition) is 7. The number of aromatic nitrogens is 4. The number of benzene rings is 2. The van der Waals surface area contributed by atoms with Crippen molar-refractivity contribution in [2.24, 2.45) is 0 Å². The molecular weight excluding hydrogens is 388 g/mol. The third-order valence-corrected chi connectivity index (χ3v) is 6.37. The Balaban J connectivity index is 1.34. The lowest BCUT2D eigenvalue weighted by atomic mass is 10.1. The van der Waals surface area contributed by atoms with E-state index in [2.05, 4.69) is 45.3 Å². The maximum absolute atomic E-state index is 10.6. The fourth-order valence-corrected chi connectivity index (χ4v) is 4.69. The van der Waals surface area contributed by atoms with E-state index >= 15 is 0 Å². The number of thioether (sulfide) groups is 1. The predicted octanol–water partition coefficient (Wildman–Crippen LogP) is 2.70. The number of fused-ring (bicyclic) bond motifs is 2. The van der Waals surface area contributed by atoms with Gasteiger partial charge in [-0.15, -0.1) is 11.8 Å². The number of aliphatic hydroxyl groups is 2. The van der Waals surface area contributed by atoms with Gasteiger partial charge in [0, 0.05) is 10.6 Å². The second-order valence-electron chi connectivity index (χ2n) is 7.15. The van der Waals surface area contributed by atoms with Gasteiger partial charge in [-0.05, 0) is 29.8 Å². The van der Waals surface area contributed by atoms with Crippen molar-refractivity contribution in [2.75, 3.05) is 5.75 Å². The summed E-state index contributed by atoms with van der Waals surface area (Å²) in [6.07, 6.45) is -0.275. The average molecular weight is 408 g/mol. The number of ether oxygens (including phenoxy) is 1. The van der Waals surface area contributed by atoms with Crippen molar-refractivity contribution >= 4 is 33.7 Å². The molecule has 1 aliphatic heterocycles. The quantitative estimate of drug-likeness (QED) is 0.502. The minimum absolute atomic E-state index is 0.508. The highest BCUT2D eigenvalue weighted by molar-refractivity contribution is 7.99. The Morgan fingerprint density at radius 3 is 2.72 bits per heavy atom. The van der Waals surface area contributed by atoms with Gasteiger partial charge in [-0.2, -0.15) is 0 Å². The van der Waals surface area contributed by atoms with Crippen LogP contribution in [0.5, 0.6) is 0 Å². The maximum Gasteiger partial charge on any atom is 0.165 e. The zero-order valence-electron chi connectivity index (χ0n) is 15.7. The number of rotatable bonds is 4. The fourth-order valence-electron chi connectivity index (χ4n) is 3.69. The minimum atomic E-state index is -1.06. The van der Waals surface area contributed by atoms with Crippen molar-refractivity contribution in [3.8, 4) is 0 Å². The molecule has 2 aromatic heterocycles. The molecule has 1 saturated heterocycles. The molecule has 4 aromatic rings. The molecule has 8 heteroatoms. The fraction of sp³-hybridized carbons (Fsp3) is 0.286. The minimum Gasteiger partial charge on any atom is -0.387 e. The van der Waals surface area contributed by atoms with Crippen molar-refractivity contribution in [1.29, 1.82) is 0 Å². The molecule has 3 heterocycles. The molecule has 0 saturated carbocycles. The normalized spacial score (nSPS) is 24.5. The van der Waals surface area contributed by atoms with Gasteiger partial charge in [0.1, 0.15) is 24.1 Å². The topological polar surface area (TPSA) is 93.3 Å². The van der Waals surface area contributed by atoms with Gasteiger partial charge in [-0.3, -0.25) is 4.57 Å². The molecule has 4 atom stereocenters. The van der Waals surface area contributed by atoms with Gasteiger partial charge < -0.3 is 14.9 Å². The molecule has 2 aromatic carbocycles. The molecule has 5 rings (SSSR count). The Morgan fingerprint density at radius 1 is 1.03 bits per heavy atom. The van der Waals surface area contributed by atoms with Gasteiger partial charge in [-0.25, -0.2) is 15.0 Å². The van der Waals surface area contributed by atoms with Crippen LogP contribution in [0.1, 0.15) is 11.9 Å². The number of aryl methyl sites for hydroxylation is 1. The van der Waals surface area contributed by atoms with Crippen LogP contribution >= 0.6 is 11.8 Å². The average Bonchev–Trinajstić information content (AvgIpc) is 3.29. The summed E-state index contributed by atoms with van der Waals surface area (Å²) in [5.41, 5.74) is 1.99. The van der Waals surface area contributed by atoms with Crippen molar-refractivity contribution in [3.63, 3.8) is 0 Å². The van der Waals surface area contributed by atoms with Crippen LogP contribution in [0, 0.1) is 6.92 Å². The number of nitrogens with zero attached hydrogens (tertiary/aromatic N) is 4. The van der Waals surface area contributed by atoms with E-state index in [-0.39, 0.29) is 0 Å². The zero-order chi connectivity index (χ0) is 20.0. The molecule has 2 N–H and O–H groups in total. The van der Waals surface area contributed by atoms with Crippen molar-refractivity contribution < 1.29 is 14.9 Å². The Kier molecular flexibility index (Phi) is 4.71. The molecule has 1 fully saturated rings. The first-order valence-corrected chi connectivity index (χ1v) is 10.4. The molecule has 0 amide bonds. The SMILES string of the molecule is Cc1ncnc2c1ncn2[C@@H]1OC(CSc2ccc3ccccc3c2)[C@@H](O)[C@H]1O. The number of hydrogen-bond donors (Lipinski definition) is 2. The lowest BCUT2D eigenvalue weighted by Gasteiger charge is -2.16. The molecule has 0 bridgehead atoms. The van der Waals surface area contributed by atoms with Crippen LogP contribution in [-0.4, -0.2) is 53.8 Å². The van der Waals surface area contributed by atoms with Crippen LogP contribution in [0.4, 0.5) is 0 Å². The summed E-state index contributed by atoms with van der Waals surface area (Å²) < 4.78 is 7.69. The molecule has 0 spiro atoms. The van der Waals surface area contributed by atoms with E-state index in [9.17, 15) is 10.2 Å². The number of imidazole rings is 1. The molecule has 1 unspecified atom stereocenters. The summed E-state index contributed by atoms with van der Waals surface area (Å²) >= 11 is 1.60. The zero-order valence-corrected chi connectivity index (χ0v) is 16.5. The third-order valence-electron chi connectivity index (χ3n) is 5.29. The van der Waals surface area contributed by atoms with Crippen LogP contribution in [0.15, 0.2) is 60.0 Å². The Labute approximate surface area is 171 Å². The summed E-state index contributed by atoms with van der Waals surface area (Å²) in [5.74, 6) is 0.522. The second-order valence-corrected chi connectivity index (χ2v) is 8.24. The summed E-state index contributed by atoms with van der Waals surface area (Å²) in [4.78, 5) is 13.8. The molecule has 29 heavy (non-hydrogen) atoms. The van der Waals surface area contributed by atoms with Gasteiger partial charge in [0.25, 0.3) is 0 Å². The van der Waals surface area contributed by atoms with Crippen LogP contribution in [0.2, 0.25) is 0 Å². The van der Waals surface area contributed by atoms with E-state index in [0.29, 0.717) is 16.9 Å². The highest BCUT2D eigenvalue weighted by Gasteiger charge is 2.44. The second kappa shape index (κ2) is 7.38. The molecule has 148 valence electrons. The van der Waals surface area contributed by atoms with Crippen molar-refractivity contribution in [2.45, 2.75) is 36.4 Å². The molecule has 1 aliphatic rings. The highest BCUT2D eigenvalue weighted by Crippen LogP contribution is 2.34. The van der Waals surface area contributed by atoms with E-state index in [1.54, 1.807) is 22.7 Å². The van der Waals surface area contributed by atoms with Gasteiger partial charge >= 0.3 is 0 Å². The summed E-state index contributed by atoms with van der Waals surface area (Å²) in [6.45, 7) is 1.85. The highest BCUT2D eigenvalue weighted by atomic mass is 32.2. The van der Waals surface area contributed by atoms with Crippen LogP contribution in [0.25, 0.3) is 21.9 Å².